The summed E-state index contributed by atoms with van der Waals surface area (Å²) >= 11 is 0. The first-order valence-electron chi connectivity index (χ1n) is 9.21. The Bertz CT molecular complexity index is 435. The van der Waals surface area contributed by atoms with Gasteiger partial charge in [0.1, 0.15) is 0 Å². The third kappa shape index (κ3) is 2.50. The summed E-state index contributed by atoms with van der Waals surface area (Å²) in [6.07, 6.45) is 7.53. The molecule has 0 aromatic rings. The third-order valence-electron chi connectivity index (χ3n) is 7.49. The van der Waals surface area contributed by atoms with E-state index in [0.717, 1.165) is 36.0 Å². The fourth-order valence-corrected chi connectivity index (χ4v) is 5.97. The molecule has 0 aromatic heterocycles. The highest BCUT2D eigenvalue weighted by molar-refractivity contribution is 5.25. The van der Waals surface area contributed by atoms with Crippen LogP contribution in [0.15, 0.2) is 11.1 Å². The number of aliphatic hydroxyl groups is 1. The second-order valence-corrected chi connectivity index (χ2v) is 8.99. The molecule has 0 bridgehead atoms. The molecular formula is C20H34O. The van der Waals surface area contributed by atoms with Crippen molar-refractivity contribution >= 4 is 0 Å². The quantitative estimate of drug-likeness (QED) is 0.659. The first kappa shape index (κ1) is 15.6. The molecule has 0 heterocycles. The van der Waals surface area contributed by atoms with Gasteiger partial charge < -0.3 is 5.11 Å². The molecule has 120 valence electrons. The van der Waals surface area contributed by atoms with Crippen LogP contribution in [0.2, 0.25) is 0 Å². The van der Waals surface area contributed by atoms with E-state index < -0.39 is 0 Å². The minimum Gasteiger partial charge on any atom is -0.389 e. The highest BCUT2D eigenvalue weighted by Gasteiger charge is 2.50. The Morgan fingerprint density at radius 2 is 1.95 bits per heavy atom. The predicted octanol–water partition coefficient (Wildman–Crippen LogP) is 5.19. The first-order valence-corrected chi connectivity index (χ1v) is 9.21. The minimum absolute atomic E-state index is 0.184. The van der Waals surface area contributed by atoms with Gasteiger partial charge in [-0.25, -0.2) is 0 Å². The average molecular weight is 290 g/mol. The SMILES string of the molecule is C/C1=C2\CCC(C)C2CC2(C)CCC(C(C)C)C2CC1O. The van der Waals surface area contributed by atoms with Gasteiger partial charge in [0.25, 0.3) is 0 Å². The molecule has 0 aliphatic heterocycles. The maximum absolute atomic E-state index is 10.8. The molecule has 3 aliphatic rings. The van der Waals surface area contributed by atoms with Crippen molar-refractivity contribution in [3.63, 3.8) is 0 Å². The lowest BCUT2D eigenvalue weighted by molar-refractivity contribution is 0.0655. The zero-order chi connectivity index (χ0) is 15.4. The van der Waals surface area contributed by atoms with Gasteiger partial charge in [0, 0.05) is 0 Å². The second-order valence-electron chi connectivity index (χ2n) is 8.99. The zero-order valence-corrected chi connectivity index (χ0v) is 14.7. The monoisotopic (exact) mass is 290 g/mol. The number of fused-ring (bicyclic) bond motifs is 2. The van der Waals surface area contributed by atoms with Crippen LogP contribution in [0.4, 0.5) is 0 Å². The standard InChI is InChI=1S/C20H34O/c1-12(2)15-8-9-20(5)11-17-13(3)6-7-16(17)14(4)19(21)10-18(15)20/h12-13,15,17-19,21H,6-11H2,1-5H3/b16-14-. The summed E-state index contributed by atoms with van der Waals surface area (Å²) in [5.41, 5.74) is 3.42. The molecule has 0 radical (unpaired) electrons. The van der Waals surface area contributed by atoms with Crippen molar-refractivity contribution in [3.8, 4) is 0 Å². The van der Waals surface area contributed by atoms with E-state index in [2.05, 4.69) is 34.6 Å². The summed E-state index contributed by atoms with van der Waals surface area (Å²) in [4.78, 5) is 0. The fraction of sp³-hybridized carbons (Fsp3) is 0.900. The van der Waals surface area contributed by atoms with Gasteiger partial charge in [-0.1, -0.05) is 33.3 Å². The Morgan fingerprint density at radius 3 is 2.62 bits per heavy atom. The van der Waals surface area contributed by atoms with Crippen LogP contribution in [-0.2, 0) is 0 Å². The number of hydrogen-bond donors (Lipinski definition) is 1. The van der Waals surface area contributed by atoms with Gasteiger partial charge >= 0.3 is 0 Å². The van der Waals surface area contributed by atoms with Crippen molar-refractivity contribution in [2.45, 2.75) is 79.2 Å². The number of hydrogen-bond acceptors (Lipinski definition) is 1. The lowest BCUT2D eigenvalue weighted by atomic mass is 9.64. The largest absolute Gasteiger partial charge is 0.389 e. The molecule has 0 aromatic carbocycles. The highest BCUT2D eigenvalue weighted by Crippen LogP contribution is 2.59. The van der Waals surface area contributed by atoms with Crippen molar-refractivity contribution < 1.29 is 5.11 Å². The molecule has 0 amide bonds. The second kappa shape index (κ2) is 5.41. The maximum Gasteiger partial charge on any atom is 0.0753 e. The van der Waals surface area contributed by atoms with Gasteiger partial charge in [-0.3, -0.25) is 0 Å². The molecule has 1 N–H and O–H groups in total. The molecule has 21 heavy (non-hydrogen) atoms. The van der Waals surface area contributed by atoms with Crippen LogP contribution in [0.3, 0.4) is 0 Å². The fourth-order valence-electron chi connectivity index (χ4n) is 5.97. The predicted molar refractivity (Wildman–Crippen MR) is 89.0 cm³/mol. The van der Waals surface area contributed by atoms with E-state index >= 15 is 0 Å². The molecule has 0 saturated heterocycles. The van der Waals surface area contributed by atoms with Gasteiger partial charge in [-0.15, -0.1) is 0 Å². The van der Waals surface area contributed by atoms with Gasteiger partial charge in [-0.2, -0.15) is 0 Å². The van der Waals surface area contributed by atoms with Crippen LogP contribution in [0.5, 0.6) is 0 Å². The van der Waals surface area contributed by atoms with E-state index in [0.29, 0.717) is 5.41 Å². The van der Waals surface area contributed by atoms with Gasteiger partial charge in [0.2, 0.25) is 0 Å². The van der Waals surface area contributed by atoms with Gasteiger partial charge in [0.15, 0.2) is 0 Å². The van der Waals surface area contributed by atoms with E-state index in [1.807, 2.05) is 0 Å². The van der Waals surface area contributed by atoms with E-state index in [4.69, 9.17) is 0 Å². The molecule has 3 aliphatic carbocycles. The van der Waals surface area contributed by atoms with Crippen molar-refractivity contribution in [3.05, 3.63) is 11.1 Å². The number of allylic oxidation sites excluding steroid dienone is 1. The number of aliphatic hydroxyl groups excluding tert-OH is 1. The Morgan fingerprint density at radius 1 is 1.24 bits per heavy atom. The molecule has 3 rings (SSSR count). The summed E-state index contributed by atoms with van der Waals surface area (Å²) in [5, 5.41) is 10.8. The van der Waals surface area contributed by atoms with E-state index in [1.54, 1.807) is 5.57 Å². The van der Waals surface area contributed by atoms with Gasteiger partial charge in [0.05, 0.1) is 6.10 Å². The smallest absolute Gasteiger partial charge is 0.0753 e. The van der Waals surface area contributed by atoms with Gasteiger partial charge in [-0.05, 0) is 86.0 Å². The van der Waals surface area contributed by atoms with E-state index in [9.17, 15) is 5.11 Å². The minimum atomic E-state index is -0.184. The normalized spacial score (nSPS) is 50.7. The molecule has 6 atom stereocenters. The Labute approximate surface area is 131 Å². The van der Waals surface area contributed by atoms with Crippen molar-refractivity contribution in [1.29, 1.82) is 0 Å². The summed E-state index contributed by atoms with van der Waals surface area (Å²) in [6.45, 7) is 12.0. The third-order valence-corrected chi connectivity index (χ3v) is 7.49. The maximum atomic E-state index is 10.8. The molecule has 2 saturated carbocycles. The summed E-state index contributed by atoms with van der Waals surface area (Å²) in [5.74, 6) is 3.86. The van der Waals surface area contributed by atoms with E-state index in [-0.39, 0.29) is 6.10 Å². The molecule has 6 unspecified atom stereocenters. The van der Waals surface area contributed by atoms with E-state index in [1.165, 1.54) is 37.7 Å². The molecule has 0 spiro atoms. The Kier molecular flexibility index (Phi) is 4.01. The summed E-state index contributed by atoms with van der Waals surface area (Å²) in [6, 6.07) is 0. The van der Waals surface area contributed by atoms with Crippen molar-refractivity contribution in [1.82, 2.24) is 0 Å². The molecule has 2 fully saturated rings. The van der Waals surface area contributed by atoms with Crippen LogP contribution < -0.4 is 0 Å². The first-order chi connectivity index (χ1) is 9.83. The highest BCUT2D eigenvalue weighted by atomic mass is 16.3. The average Bonchev–Trinajstić information content (AvgIpc) is 2.91. The van der Waals surface area contributed by atoms with Crippen molar-refractivity contribution in [2.24, 2.45) is 35.0 Å². The molecular weight excluding hydrogens is 256 g/mol. The zero-order valence-electron chi connectivity index (χ0n) is 14.7. The Balaban J connectivity index is 1.97. The topological polar surface area (TPSA) is 20.2 Å². The van der Waals surface area contributed by atoms with Crippen LogP contribution >= 0.6 is 0 Å². The summed E-state index contributed by atoms with van der Waals surface area (Å²) < 4.78 is 0. The van der Waals surface area contributed by atoms with Crippen molar-refractivity contribution in [2.75, 3.05) is 0 Å². The lowest BCUT2D eigenvalue weighted by Gasteiger charge is -2.42. The van der Waals surface area contributed by atoms with Crippen LogP contribution in [-0.4, -0.2) is 11.2 Å². The Hall–Kier alpha value is -0.300. The van der Waals surface area contributed by atoms with Crippen LogP contribution in [0.1, 0.15) is 73.1 Å². The molecule has 1 nitrogen and oxygen atoms in total. The summed E-state index contributed by atoms with van der Waals surface area (Å²) in [7, 11) is 0. The number of rotatable bonds is 1. The van der Waals surface area contributed by atoms with Crippen LogP contribution in [0, 0.1) is 35.0 Å². The van der Waals surface area contributed by atoms with Crippen LogP contribution in [0.25, 0.3) is 0 Å². The lowest BCUT2D eigenvalue weighted by Crippen LogP contribution is -2.36. The molecule has 1 heteroatoms.